The van der Waals surface area contributed by atoms with E-state index >= 15 is 0 Å². The van der Waals surface area contributed by atoms with Crippen molar-refractivity contribution >= 4 is 11.9 Å². The first-order valence-corrected chi connectivity index (χ1v) is 7.10. The van der Waals surface area contributed by atoms with Gasteiger partial charge in [-0.2, -0.15) is 0 Å². The largest absolute Gasteiger partial charge is 0.493 e. The topological polar surface area (TPSA) is 35.5 Å². The summed E-state index contributed by atoms with van der Waals surface area (Å²) in [6, 6.07) is 5.60. The van der Waals surface area contributed by atoms with Gasteiger partial charge in [0.15, 0.2) is 17.3 Å². The van der Waals surface area contributed by atoms with E-state index in [2.05, 4.69) is 13.2 Å². The van der Waals surface area contributed by atoms with Crippen molar-refractivity contribution in [2.24, 2.45) is 0 Å². The third-order valence-electron chi connectivity index (χ3n) is 3.74. The highest BCUT2D eigenvalue weighted by molar-refractivity contribution is 6.14. The van der Waals surface area contributed by atoms with Gasteiger partial charge in [-0.25, -0.2) is 0 Å². The fraction of sp³-hybridized carbons (Fsp3) is 0.211. The molecule has 0 N–H and O–H groups in total. The number of ether oxygens (including phenoxy) is 2. The van der Waals surface area contributed by atoms with Gasteiger partial charge >= 0.3 is 0 Å². The van der Waals surface area contributed by atoms with Gasteiger partial charge in [0.2, 0.25) is 0 Å². The maximum absolute atomic E-state index is 12.5. The van der Waals surface area contributed by atoms with Crippen molar-refractivity contribution in [3.05, 3.63) is 65.8 Å². The molecule has 0 atom stereocenters. The van der Waals surface area contributed by atoms with Crippen LogP contribution in [0.1, 0.15) is 18.4 Å². The van der Waals surface area contributed by atoms with Crippen molar-refractivity contribution in [3.8, 4) is 11.5 Å². The molecule has 0 saturated carbocycles. The summed E-state index contributed by atoms with van der Waals surface area (Å²) in [6.07, 6.45) is 6.75. The molecule has 0 saturated heterocycles. The van der Waals surface area contributed by atoms with Gasteiger partial charge in [0.25, 0.3) is 0 Å². The van der Waals surface area contributed by atoms with Crippen LogP contribution in [0.5, 0.6) is 11.5 Å². The Kier molecular flexibility index (Phi) is 4.99. The molecule has 22 heavy (non-hydrogen) atoms. The highest BCUT2D eigenvalue weighted by atomic mass is 16.5. The second-order valence-corrected chi connectivity index (χ2v) is 4.96. The van der Waals surface area contributed by atoms with Crippen LogP contribution in [0.25, 0.3) is 6.08 Å². The predicted octanol–water partition coefficient (Wildman–Crippen LogP) is 4.12. The molecule has 1 aliphatic rings. The monoisotopic (exact) mass is 296 g/mol. The SMILES string of the molecule is C=CC1=C(C=C)C(=O)/C(=C/c2ccc(OC)c(OC)c2)CC1. The minimum atomic E-state index is 0.0194. The lowest BCUT2D eigenvalue weighted by atomic mass is 9.86. The molecule has 1 aromatic carbocycles. The van der Waals surface area contributed by atoms with Crippen LogP contribution in [0.2, 0.25) is 0 Å². The van der Waals surface area contributed by atoms with E-state index in [1.165, 1.54) is 0 Å². The summed E-state index contributed by atoms with van der Waals surface area (Å²) in [5.41, 5.74) is 3.29. The summed E-state index contributed by atoms with van der Waals surface area (Å²) < 4.78 is 10.5. The zero-order valence-corrected chi connectivity index (χ0v) is 13.0. The normalized spacial score (nSPS) is 16.6. The van der Waals surface area contributed by atoms with Crippen molar-refractivity contribution in [3.63, 3.8) is 0 Å². The molecular formula is C19H20O3. The van der Waals surface area contributed by atoms with Crippen LogP contribution in [0.3, 0.4) is 0 Å². The lowest BCUT2D eigenvalue weighted by Gasteiger charge is -2.17. The van der Waals surface area contributed by atoms with E-state index in [0.29, 0.717) is 23.5 Å². The third-order valence-corrected chi connectivity index (χ3v) is 3.74. The van der Waals surface area contributed by atoms with Crippen molar-refractivity contribution < 1.29 is 14.3 Å². The summed E-state index contributed by atoms with van der Waals surface area (Å²) in [4.78, 5) is 12.5. The molecule has 0 fully saturated rings. The molecule has 2 rings (SSSR count). The molecule has 1 aromatic rings. The highest BCUT2D eigenvalue weighted by Crippen LogP contribution is 2.31. The van der Waals surface area contributed by atoms with Gasteiger partial charge in [-0.3, -0.25) is 4.79 Å². The average molecular weight is 296 g/mol. The standard InChI is InChI=1S/C19H20O3/c1-5-14-8-9-15(19(20)16(14)6-2)11-13-7-10-17(21-3)18(12-13)22-4/h5-7,10-12H,1-2,8-9H2,3-4H3/b15-11+. The molecule has 114 valence electrons. The number of hydrogen-bond donors (Lipinski definition) is 0. The number of carbonyl (C=O) groups excluding carboxylic acids is 1. The first-order chi connectivity index (χ1) is 10.6. The molecule has 0 bridgehead atoms. The lowest BCUT2D eigenvalue weighted by Crippen LogP contribution is -2.12. The summed E-state index contributed by atoms with van der Waals surface area (Å²) >= 11 is 0. The first kappa shape index (κ1) is 15.8. The molecule has 1 aliphatic carbocycles. The highest BCUT2D eigenvalue weighted by Gasteiger charge is 2.21. The van der Waals surface area contributed by atoms with Gasteiger partial charge in [0, 0.05) is 11.1 Å². The first-order valence-electron chi connectivity index (χ1n) is 7.10. The summed E-state index contributed by atoms with van der Waals surface area (Å²) in [6.45, 7) is 7.49. The van der Waals surface area contributed by atoms with Gasteiger partial charge < -0.3 is 9.47 Å². The molecule has 0 heterocycles. The van der Waals surface area contributed by atoms with Gasteiger partial charge in [0.1, 0.15) is 0 Å². The quantitative estimate of drug-likeness (QED) is 0.767. The summed E-state index contributed by atoms with van der Waals surface area (Å²) in [5, 5.41) is 0. The van der Waals surface area contributed by atoms with Crippen molar-refractivity contribution in [1.29, 1.82) is 0 Å². The second kappa shape index (κ2) is 6.94. The Bertz CT molecular complexity index is 678. The van der Waals surface area contributed by atoms with E-state index in [-0.39, 0.29) is 5.78 Å². The summed E-state index contributed by atoms with van der Waals surface area (Å²) in [7, 11) is 3.19. The molecule has 0 radical (unpaired) electrons. The Morgan fingerprint density at radius 3 is 2.36 bits per heavy atom. The van der Waals surface area contributed by atoms with Gasteiger partial charge in [-0.15, -0.1) is 0 Å². The molecular weight excluding hydrogens is 276 g/mol. The summed E-state index contributed by atoms with van der Waals surface area (Å²) in [5.74, 6) is 1.33. The molecule has 3 heteroatoms. The van der Waals surface area contributed by atoms with E-state index in [9.17, 15) is 4.79 Å². The molecule has 0 spiro atoms. The number of rotatable bonds is 5. The number of methoxy groups -OCH3 is 2. The van der Waals surface area contributed by atoms with Crippen molar-refractivity contribution in [2.45, 2.75) is 12.8 Å². The Morgan fingerprint density at radius 1 is 1.05 bits per heavy atom. The van der Waals surface area contributed by atoms with E-state index in [0.717, 1.165) is 23.1 Å². The Labute approximate surface area is 131 Å². The van der Waals surface area contributed by atoms with Crippen molar-refractivity contribution in [2.75, 3.05) is 14.2 Å². The van der Waals surface area contributed by atoms with Gasteiger partial charge in [-0.05, 0) is 42.2 Å². The Morgan fingerprint density at radius 2 is 1.77 bits per heavy atom. The maximum atomic E-state index is 12.5. The number of allylic oxidation sites excluding steroid dienone is 5. The molecule has 3 nitrogen and oxygen atoms in total. The van der Waals surface area contributed by atoms with E-state index in [1.807, 2.05) is 24.3 Å². The number of benzene rings is 1. The average Bonchev–Trinajstić information content (AvgIpc) is 2.56. The number of ketones is 1. The molecule has 0 aliphatic heterocycles. The van der Waals surface area contributed by atoms with Crippen LogP contribution in [-0.2, 0) is 4.79 Å². The van der Waals surface area contributed by atoms with E-state index in [1.54, 1.807) is 26.4 Å². The number of Topliss-reactive ketones (excluding diaryl/α,β-unsaturated/α-hetero) is 1. The Hall–Kier alpha value is -2.55. The second-order valence-electron chi connectivity index (χ2n) is 4.96. The fourth-order valence-electron chi connectivity index (χ4n) is 2.55. The van der Waals surface area contributed by atoms with Crippen LogP contribution in [-0.4, -0.2) is 20.0 Å². The number of hydrogen-bond acceptors (Lipinski definition) is 3. The number of carbonyl (C=O) groups is 1. The van der Waals surface area contributed by atoms with E-state index < -0.39 is 0 Å². The zero-order chi connectivity index (χ0) is 16.1. The van der Waals surface area contributed by atoms with Crippen LogP contribution >= 0.6 is 0 Å². The third kappa shape index (κ3) is 3.03. The van der Waals surface area contributed by atoms with Crippen LogP contribution in [0, 0.1) is 0 Å². The fourth-order valence-corrected chi connectivity index (χ4v) is 2.55. The molecule has 0 aromatic heterocycles. The Balaban J connectivity index is 2.38. The van der Waals surface area contributed by atoms with Crippen LogP contribution in [0.4, 0.5) is 0 Å². The zero-order valence-electron chi connectivity index (χ0n) is 13.0. The van der Waals surface area contributed by atoms with Crippen LogP contribution < -0.4 is 9.47 Å². The van der Waals surface area contributed by atoms with Crippen molar-refractivity contribution in [1.82, 2.24) is 0 Å². The van der Waals surface area contributed by atoms with Gasteiger partial charge in [-0.1, -0.05) is 31.4 Å². The predicted molar refractivity (Wildman–Crippen MR) is 89.2 cm³/mol. The minimum absolute atomic E-state index is 0.0194. The minimum Gasteiger partial charge on any atom is -0.493 e. The van der Waals surface area contributed by atoms with E-state index in [4.69, 9.17) is 9.47 Å². The maximum Gasteiger partial charge on any atom is 0.189 e. The van der Waals surface area contributed by atoms with Crippen LogP contribution in [0.15, 0.2) is 60.2 Å². The molecule has 0 unspecified atom stereocenters. The van der Waals surface area contributed by atoms with Gasteiger partial charge in [0.05, 0.1) is 14.2 Å². The molecule has 0 amide bonds. The lowest BCUT2D eigenvalue weighted by molar-refractivity contribution is -0.112. The smallest absolute Gasteiger partial charge is 0.189 e.